The molecule has 0 unspecified atom stereocenters. The number of alkyl halides is 3. The van der Waals surface area contributed by atoms with E-state index in [9.17, 15) is 22.4 Å². The summed E-state index contributed by atoms with van der Waals surface area (Å²) < 4.78 is 59.5. The van der Waals surface area contributed by atoms with Crippen LogP contribution < -0.4 is 9.64 Å². The van der Waals surface area contributed by atoms with Crippen molar-refractivity contribution in [3.8, 4) is 5.75 Å². The predicted molar refractivity (Wildman–Crippen MR) is 87.8 cm³/mol. The maximum atomic E-state index is 14.5. The van der Waals surface area contributed by atoms with Crippen LogP contribution in [0, 0.1) is 5.82 Å². The zero-order valence-electron chi connectivity index (χ0n) is 13.8. The molecule has 3 rings (SSSR count). The zero-order chi connectivity index (χ0) is 19.2. The molecule has 2 aliphatic rings. The van der Waals surface area contributed by atoms with Gasteiger partial charge in [0.2, 0.25) is 5.96 Å². The number of halogens is 5. The first-order valence-corrected chi connectivity index (χ1v) is 8.08. The third-order valence-electron chi connectivity index (χ3n) is 3.68. The highest BCUT2D eigenvalue weighted by Gasteiger charge is 2.47. The highest BCUT2D eigenvalue weighted by Crippen LogP contribution is 2.38. The number of hydrogen-bond acceptors (Lipinski definition) is 4. The molecule has 0 atom stereocenters. The lowest BCUT2D eigenvalue weighted by atomic mass is 10.2. The van der Waals surface area contributed by atoms with E-state index in [0.717, 1.165) is 15.9 Å². The van der Waals surface area contributed by atoms with Crippen LogP contribution in [0.2, 0.25) is 5.02 Å². The fraction of sp³-hybridized carbons (Fsp3) is 0.375. The molecule has 0 aromatic heterocycles. The molecule has 0 radical (unpaired) electrons. The lowest BCUT2D eigenvalue weighted by Gasteiger charge is -2.35. The lowest BCUT2D eigenvalue weighted by Crippen LogP contribution is -2.51. The Morgan fingerprint density at radius 2 is 2.00 bits per heavy atom. The molecule has 5 nitrogen and oxygen atoms in total. The van der Waals surface area contributed by atoms with Crippen LogP contribution in [0.5, 0.6) is 5.75 Å². The molecular formula is C16H14ClF4N3O2. The van der Waals surface area contributed by atoms with E-state index in [4.69, 9.17) is 16.3 Å². The molecular weight excluding hydrogens is 378 g/mol. The van der Waals surface area contributed by atoms with Crippen molar-refractivity contribution < 1.29 is 27.1 Å². The molecule has 2 aliphatic heterocycles. The Kier molecular flexibility index (Phi) is 4.60. The Hall–Kier alpha value is -2.29. The quantitative estimate of drug-likeness (QED) is 0.737. The van der Waals surface area contributed by atoms with Gasteiger partial charge < -0.3 is 9.64 Å². The summed E-state index contributed by atoms with van der Waals surface area (Å²) in [5, 5.41) is -0.0128. The number of rotatable bonds is 3. The highest BCUT2D eigenvalue weighted by atomic mass is 35.5. The average Bonchev–Trinajstić information content (AvgIpc) is 2.97. The second-order valence-electron chi connectivity index (χ2n) is 5.93. The second-order valence-corrected chi connectivity index (χ2v) is 6.34. The Bertz CT molecular complexity index is 820. The number of ether oxygens (including phenoxy) is 1. The largest absolute Gasteiger partial charge is 0.489 e. The summed E-state index contributed by atoms with van der Waals surface area (Å²) >= 11 is 5.95. The number of guanidine groups is 1. The molecule has 1 amide bonds. The number of nitrogens with zero attached hydrogens (tertiary/aromatic N) is 3. The van der Waals surface area contributed by atoms with Crippen LogP contribution in [0.25, 0.3) is 0 Å². The molecule has 0 saturated heterocycles. The molecule has 0 bridgehead atoms. The van der Waals surface area contributed by atoms with Gasteiger partial charge in [-0.25, -0.2) is 9.29 Å². The third-order valence-corrected chi connectivity index (χ3v) is 3.98. The van der Waals surface area contributed by atoms with E-state index in [1.165, 1.54) is 6.07 Å². The molecule has 0 saturated carbocycles. The molecule has 2 heterocycles. The van der Waals surface area contributed by atoms with Crippen LogP contribution in [-0.4, -0.2) is 42.1 Å². The Morgan fingerprint density at radius 3 is 2.62 bits per heavy atom. The minimum atomic E-state index is -4.72. The first-order valence-electron chi connectivity index (χ1n) is 7.70. The fourth-order valence-corrected chi connectivity index (χ4v) is 2.90. The first-order chi connectivity index (χ1) is 12.1. The van der Waals surface area contributed by atoms with Crippen LogP contribution in [0.1, 0.15) is 13.8 Å². The van der Waals surface area contributed by atoms with Crippen molar-refractivity contribution in [2.45, 2.75) is 26.1 Å². The Balaban J connectivity index is 2.10. The summed E-state index contributed by atoms with van der Waals surface area (Å²) in [6.07, 6.45) is -4.57. The number of anilines is 1. The SMILES string of the molecule is CC(C)Oc1cc(N2C(=O)C=C(C(F)(F)F)N3CCN=C32)c(F)cc1Cl. The number of aliphatic imine (C=N–C) groups is 1. The summed E-state index contributed by atoms with van der Waals surface area (Å²) in [6.45, 7) is 3.45. The van der Waals surface area contributed by atoms with Crippen molar-refractivity contribution in [1.29, 1.82) is 0 Å². The van der Waals surface area contributed by atoms with Gasteiger partial charge >= 0.3 is 6.18 Å². The number of allylic oxidation sites excluding steroid dienone is 1. The molecule has 26 heavy (non-hydrogen) atoms. The normalized spacial score (nSPS) is 17.5. The molecule has 0 fully saturated rings. The molecule has 1 aromatic carbocycles. The summed E-state index contributed by atoms with van der Waals surface area (Å²) in [7, 11) is 0. The summed E-state index contributed by atoms with van der Waals surface area (Å²) in [5.74, 6) is -2.09. The van der Waals surface area contributed by atoms with Crippen LogP contribution >= 0.6 is 11.6 Å². The summed E-state index contributed by atoms with van der Waals surface area (Å²) in [5.41, 5.74) is -1.40. The Labute approximate surface area is 151 Å². The van der Waals surface area contributed by atoms with E-state index in [0.29, 0.717) is 6.08 Å². The van der Waals surface area contributed by atoms with E-state index >= 15 is 0 Å². The maximum absolute atomic E-state index is 14.5. The summed E-state index contributed by atoms with van der Waals surface area (Å²) in [6, 6.07) is 2.13. The van der Waals surface area contributed by atoms with Gasteiger partial charge in [-0.1, -0.05) is 11.6 Å². The topological polar surface area (TPSA) is 45.1 Å². The van der Waals surface area contributed by atoms with Gasteiger partial charge in [0.05, 0.1) is 23.4 Å². The van der Waals surface area contributed by atoms with Crippen molar-refractivity contribution >= 4 is 29.2 Å². The molecule has 0 aliphatic carbocycles. The van der Waals surface area contributed by atoms with Crippen molar-refractivity contribution in [3.05, 3.63) is 34.7 Å². The third kappa shape index (κ3) is 3.23. The van der Waals surface area contributed by atoms with Crippen molar-refractivity contribution in [2.75, 3.05) is 18.0 Å². The van der Waals surface area contributed by atoms with Gasteiger partial charge in [-0.3, -0.25) is 9.79 Å². The van der Waals surface area contributed by atoms with E-state index in [-0.39, 0.29) is 41.6 Å². The van der Waals surface area contributed by atoms with E-state index in [1.54, 1.807) is 13.8 Å². The van der Waals surface area contributed by atoms with Gasteiger partial charge in [-0.2, -0.15) is 13.2 Å². The van der Waals surface area contributed by atoms with E-state index in [2.05, 4.69) is 4.99 Å². The van der Waals surface area contributed by atoms with Crippen LogP contribution in [0.4, 0.5) is 23.2 Å². The second kappa shape index (κ2) is 6.46. The van der Waals surface area contributed by atoms with Crippen LogP contribution in [0.3, 0.4) is 0 Å². The minimum Gasteiger partial charge on any atom is -0.489 e. The number of carbonyl (C=O) groups is 1. The number of amides is 1. The zero-order valence-corrected chi connectivity index (χ0v) is 14.5. The van der Waals surface area contributed by atoms with E-state index < -0.39 is 23.6 Å². The molecule has 140 valence electrons. The van der Waals surface area contributed by atoms with E-state index in [1.807, 2.05) is 0 Å². The average molecular weight is 392 g/mol. The molecule has 0 N–H and O–H groups in total. The maximum Gasteiger partial charge on any atom is 0.431 e. The Morgan fingerprint density at radius 1 is 1.31 bits per heavy atom. The van der Waals surface area contributed by atoms with Gasteiger partial charge in [0.25, 0.3) is 5.91 Å². The fourth-order valence-electron chi connectivity index (χ4n) is 2.71. The molecule has 10 heteroatoms. The highest BCUT2D eigenvalue weighted by molar-refractivity contribution is 6.32. The predicted octanol–water partition coefficient (Wildman–Crippen LogP) is 3.73. The van der Waals surface area contributed by atoms with Crippen molar-refractivity contribution in [2.24, 2.45) is 4.99 Å². The number of carbonyl (C=O) groups excluding carboxylic acids is 1. The van der Waals surface area contributed by atoms with Gasteiger partial charge in [0.15, 0.2) is 0 Å². The smallest absolute Gasteiger partial charge is 0.431 e. The molecule has 1 aromatic rings. The standard InChI is InChI=1S/C16H14ClF4N3O2/c1-8(2)26-12-6-11(10(18)5-9(12)17)24-14(25)7-13(16(19,20)21)23-4-3-22-15(23)24/h5-8H,3-4H2,1-2H3. The number of fused-ring (bicyclic) bond motifs is 1. The van der Waals surface area contributed by atoms with Crippen molar-refractivity contribution in [1.82, 2.24) is 4.90 Å². The van der Waals surface area contributed by atoms with Gasteiger partial charge in [-0.15, -0.1) is 0 Å². The molecule has 0 spiro atoms. The van der Waals surface area contributed by atoms with Crippen LogP contribution in [-0.2, 0) is 4.79 Å². The van der Waals surface area contributed by atoms with Gasteiger partial charge in [0.1, 0.15) is 17.3 Å². The van der Waals surface area contributed by atoms with Gasteiger partial charge in [0, 0.05) is 18.7 Å². The van der Waals surface area contributed by atoms with Crippen molar-refractivity contribution in [3.63, 3.8) is 0 Å². The minimum absolute atomic E-state index is 0.0128. The number of hydrogen-bond donors (Lipinski definition) is 0. The number of benzene rings is 1. The van der Waals surface area contributed by atoms with Crippen LogP contribution in [0.15, 0.2) is 28.9 Å². The van der Waals surface area contributed by atoms with Gasteiger partial charge in [-0.05, 0) is 19.9 Å². The first kappa shape index (κ1) is 18.5. The lowest BCUT2D eigenvalue weighted by molar-refractivity contribution is -0.119. The summed E-state index contributed by atoms with van der Waals surface area (Å²) in [4.78, 5) is 18.0. The monoisotopic (exact) mass is 391 g/mol.